The quantitative estimate of drug-likeness (QED) is 0.446. The molecule has 4 rings (SSSR count). The topological polar surface area (TPSA) is 79.1 Å². The molecular formula is C21H16ClFN4O3. The number of rotatable bonds is 5. The van der Waals surface area contributed by atoms with E-state index in [9.17, 15) is 9.18 Å². The first kappa shape index (κ1) is 19.8. The van der Waals surface area contributed by atoms with Crippen LogP contribution in [0.25, 0.3) is 22.3 Å². The summed E-state index contributed by atoms with van der Waals surface area (Å²) in [5.74, 6) is -0.452. The Kier molecular flexibility index (Phi) is 5.33. The van der Waals surface area contributed by atoms with Gasteiger partial charge in [-0.05, 0) is 30.3 Å². The molecule has 0 aliphatic heterocycles. The molecule has 2 aromatic carbocycles. The van der Waals surface area contributed by atoms with Crippen LogP contribution in [0.3, 0.4) is 0 Å². The number of benzene rings is 2. The van der Waals surface area contributed by atoms with Gasteiger partial charge in [0, 0.05) is 33.9 Å². The van der Waals surface area contributed by atoms with E-state index in [0.29, 0.717) is 39.4 Å². The normalized spacial score (nSPS) is 10.9. The van der Waals surface area contributed by atoms with Crippen molar-refractivity contribution in [1.82, 2.24) is 19.7 Å². The first-order valence-corrected chi connectivity index (χ1v) is 9.26. The Bertz CT molecular complexity index is 1240. The van der Waals surface area contributed by atoms with E-state index in [2.05, 4.69) is 15.1 Å². The molecule has 0 N–H and O–H groups in total. The third-order valence-corrected chi connectivity index (χ3v) is 4.77. The summed E-state index contributed by atoms with van der Waals surface area (Å²) >= 11 is 6.10. The second kappa shape index (κ2) is 8.08. The fourth-order valence-electron chi connectivity index (χ4n) is 3.15. The van der Waals surface area contributed by atoms with Crippen molar-refractivity contribution in [1.29, 1.82) is 0 Å². The van der Waals surface area contributed by atoms with Crippen LogP contribution in [0.5, 0.6) is 5.75 Å². The molecule has 2 heterocycles. The zero-order valence-electron chi connectivity index (χ0n) is 16.1. The number of aromatic nitrogens is 4. The molecule has 9 heteroatoms. The van der Waals surface area contributed by atoms with Gasteiger partial charge in [-0.25, -0.2) is 19.2 Å². The number of hydrogen-bond donors (Lipinski definition) is 0. The van der Waals surface area contributed by atoms with E-state index in [1.165, 1.54) is 26.4 Å². The van der Waals surface area contributed by atoms with Crippen molar-refractivity contribution < 1.29 is 18.7 Å². The van der Waals surface area contributed by atoms with Gasteiger partial charge in [0.15, 0.2) is 17.4 Å². The van der Waals surface area contributed by atoms with E-state index in [-0.39, 0.29) is 5.75 Å². The number of carbonyl (C=O) groups excluding carboxylic acids is 1. The highest BCUT2D eigenvalue weighted by molar-refractivity contribution is 6.32. The molecule has 30 heavy (non-hydrogen) atoms. The van der Waals surface area contributed by atoms with Crippen LogP contribution in [0.15, 0.2) is 48.9 Å². The van der Waals surface area contributed by atoms with E-state index in [1.807, 2.05) is 0 Å². The second-order valence-corrected chi connectivity index (χ2v) is 6.89. The summed E-state index contributed by atoms with van der Waals surface area (Å²) in [6, 6.07) is 7.80. The number of esters is 1. The van der Waals surface area contributed by atoms with Crippen LogP contribution in [-0.4, -0.2) is 39.9 Å². The fourth-order valence-corrected chi connectivity index (χ4v) is 3.37. The van der Waals surface area contributed by atoms with Gasteiger partial charge in [-0.1, -0.05) is 11.6 Å². The molecule has 0 amide bonds. The van der Waals surface area contributed by atoms with Gasteiger partial charge in [-0.3, -0.25) is 4.68 Å². The van der Waals surface area contributed by atoms with Gasteiger partial charge in [0.2, 0.25) is 0 Å². The SMILES string of the molecule is COC(=O)c1cc(Cl)cc2cnn(Cc3cnc(-c4ccc(OC)c(F)c4)nc3)c12. The number of halogens is 2. The van der Waals surface area contributed by atoms with Crippen molar-refractivity contribution in [2.24, 2.45) is 0 Å². The maximum Gasteiger partial charge on any atom is 0.340 e. The van der Waals surface area contributed by atoms with Crippen molar-refractivity contribution in [2.45, 2.75) is 6.54 Å². The molecule has 0 atom stereocenters. The molecule has 152 valence electrons. The Morgan fingerprint density at radius 1 is 1.13 bits per heavy atom. The Morgan fingerprint density at radius 3 is 2.57 bits per heavy atom. The minimum absolute atomic E-state index is 0.155. The molecule has 0 unspecified atom stereocenters. The molecule has 0 saturated heterocycles. The Morgan fingerprint density at radius 2 is 1.90 bits per heavy atom. The van der Waals surface area contributed by atoms with Crippen molar-refractivity contribution in [2.75, 3.05) is 14.2 Å². The van der Waals surface area contributed by atoms with E-state index in [1.54, 1.807) is 41.5 Å². The molecule has 0 spiro atoms. The van der Waals surface area contributed by atoms with Gasteiger partial charge in [0.25, 0.3) is 0 Å². The van der Waals surface area contributed by atoms with Crippen molar-refractivity contribution >= 4 is 28.5 Å². The number of fused-ring (bicyclic) bond motifs is 1. The predicted octanol–water partition coefficient (Wildman–Crippen LogP) is 4.13. The van der Waals surface area contributed by atoms with Gasteiger partial charge in [0.05, 0.1) is 38.0 Å². The molecule has 7 nitrogen and oxygen atoms in total. The molecule has 0 saturated carbocycles. The van der Waals surface area contributed by atoms with Crippen LogP contribution in [0.4, 0.5) is 4.39 Å². The van der Waals surface area contributed by atoms with Crippen LogP contribution in [-0.2, 0) is 11.3 Å². The minimum atomic E-state index is -0.502. The van der Waals surface area contributed by atoms with Gasteiger partial charge in [-0.2, -0.15) is 5.10 Å². The van der Waals surface area contributed by atoms with Crippen LogP contribution in [0.2, 0.25) is 5.02 Å². The predicted molar refractivity (Wildman–Crippen MR) is 109 cm³/mol. The van der Waals surface area contributed by atoms with Gasteiger partial charge >= 0.3 is 5.97 Å². The van der Waals surface area contributed by atoms with Crippen molar-refractivity contribution in [3.05, 3.63) is 70.9 Å². The molecule has 0 bridgehead atoms. The molecule has 0 fully saturated rings. The first-order valence-electron chi connectivity index (χ1n) is 8.88. The first-order chi connectivity index (χ1) is 14.5. The summed E-state index contributed by atoms with van der Waals surface area (Å²) in [4.78, 5) is 20.8. The smallest absolute Gasteiger partial charge is 0.340 e. The second-order valence-electron chi connectivity index (χ2n) is 6.45. The van der Waals surface area contributed by atoms with Gasteiger partial charge in [0.1, 0.15) is 0 Å². The Hall–Kier alpha value is -3.52. The average molecular weight is 427 g/mol. The summed E-state index contributed by atoms with van der Waals surface area (Å²) in [7, 11) is 2.71. The summed E-state index contributed by atoms with van der Waals surface area (Å²) in [6.45, 7) is 0.326. The molecule has 0 radical (unpaired) electrons. The highest BCUT2D eigenvalue weighted by Gasteiger charge is 2.17. The van der Waals surface area contributed by atoms with Crippen molar-refractivity contribution in [3.63, 3.8) is 0 Å². The van der Waals surface area contributed by atoms with Crippen LogP contribution < -0.4 is 4.74 Å². The molecule has 0 aliphatic rings. The maximum atomic E-state index is 13.9. The van der Waals surface area contributed by atoms with Crippen molar-refractivity contribution in [3.8, 4) is 17.1 Å². The maximum absolute atomic E-state index is 13.9. The highest BCUT2D eigenvalue weighted by atomic mass is 35.5. The highest BCUT2D eigenvalue weighted by Crippen LogP contribution is 2.26. The zero-order valence-corrected chi connectivity index (χ0v) is 16.9. The van der Waals surface area contributed by atoms with E-state index in [4.69, 9.17) is 21.1 Å². The van der Waals surface area contributed by atoms with E-state index < -0.39 is 11.8 Å². The summed E-state index contributed by atoms with van der Waals surface area (Å²) in [5.41, 5.74) is 2.21. The standard InChI is InChI=1S/C21H16ClFN4O3/c1-29-18-4-3-13(6-17(18)23)20-24-8-12(9-25-20)11-27-19-14(10-26-27)5-15(22)7-16(19)21(28)30-2/h3-10H,11H2,1-2H3. The van der Waals surface area contributed by atoms with Gasteiger partial charge < -0.3 is 9.47 Å². The number of nitrogens with zero attached hydrogens (tertiary/aromatic N) is 4. The Balaban J connectivity index is 1.65. The molecule has 2 aromatic heterocycles. The Labute approximate surface area is 176 Å². The number of methoxy groups -OCH3 is 2. The molecule has 4 aromatic rings. The lowest BCUT2D eigenvalue weighted by Gasteiger charge is -2.09. The monoisotopic (exact) mass is 426 g/mol. The average Bonchev–Trinajstić information content (AvgIpc) is 3.15. The number of ether oxygens (including phenoxy) is 2. The summed E-state index contributed by atoms with van der Waals surface area (Å²) in [5, 5.41) is 5.49. The van der Waals surface area contributed by atoms with E-state index in [0.717, 1.165) is 5.56 Å². The van der Waals surface area contributed by atoms with Crippen LogP contribution in [0.1, 0.15) is 15.9 Å². The molecule has 0 aliphatic carbocycles. The summed E-state index contributed by atoms with van der Waals surface area (Å²) < 4.78 is 25.4. The van der Waals surface area contributed by atoms with Crippen LogP contribution >= 0.6 is 11.6 Å². The summed E-state index contributed by atoms with van der Waals surface area (Å²) in [6.07, 6.45) is 4.89. The number of carbonyl (C=O) groups is 1. The van der Waals surface area contributed by atoms with E-state index >= 15 is 0 Å². The van der Waals surface area contributed by atoms with Gasteiger partial charge in [-0.15, -0.1) is 0 Å². The number of hydrogen-bond acceptors (Lipinski definition) is 6. The largest absolute Gasteiger partial charge is 0.494 e. The lowest BCUT2D eigenvalue weighted by molar-refractivity contribution is 0.0602. The third kappa shape index (κ3) is 3.69. The molecular weight excluding hydrogens is 411 g/mol. The third-order valence-electron chi connectivity index (χ3n) is 4.55. The lowest BCUT2D eigenvalue weighted by Crippen LogP contribution is -2.08. The van der Waals surface area contributed by atoms with Crippen LogP contribution in [0, 0.1) is 5.82 Å². The minimum Gasteiger partial charge on any atom is -0.494 e. The lowest BCUT2D eigenvalue weighted by atomic mass is 10.1. The fraction of sp³-hybridized carbons (Fsp3) is 0.143. The zero-order chi connectivity index (χ0) is 21.3.